The van der Waals surface area contributed by atoms with Crippen LogP contribution in [0.4, 0.5) is 0 Å². The van der Waals surface area contributed by atoms with E-state index in [-0.39, 0.29) is 23.8 Å². The lowest BCUT2D eigenvalue weighted by molar-refractivity contribution is -0.153. The Morgan fingerprint density at radius 3 is 2.41 bits per heavy atom. The van der Waals surface area contributed by atoms with Crippen LogP contribution in [0, 0.1) is 17.8 Å². The number of esters is 2. The fourth-order valence-electron chi connectivity index (χ4n) is 2.32. The molecular formula is C14H22O3. The Labute approximate surface area is 103 Å². The molecule has 1 aliphatic rings. The van der Waals surface area contributed by atoms with E-state index in [4.69, 9.17) is 4.74 Å². The minimum atomic E-state index is -0.334. The number of cyclic esters (lactones) is 2. The molecular weight excluding hydrogens is 216 g/mol. The van der Waals surface area contributed by atoms with Crippen LogP contribution >= 0.6 is 0 Å². The van der Waals surface area contributed by atoms with Crippen LogP contribution in [-0.4, -0.2) is 11.9 Å². The van der Waals surface area contributed by atoms with Gasteiger partial charge in [-0.25, -0.2) is 0 Å². The quantitative estimate of drug-likeness (QED) is 0.406. The van der Waals surface area contributed by atoms with Crippen LogP contribution in [0.15, 0.2) is 12.2 Å². The van der Waals surface area contributed by atoms with Gasteiger partial charge in [0.25, 0.3) is 0 Å². The molecule has 0 aromatic rings. The Morgan fingerprint density at radius 1 is 1.18 bits per heavy atom. The van der Waals surface area contributed by atoms with E-state index in [0.29, 0.717) is 12.3 Å². The standard InChI is InChI=1S/C14H22O3/c1-4-6-7-8-10(3)9-12-11(5-2)13(15)17-14(12)16/h6-7,10-12H,4-5,8-9H2,1-3H3/b7-6-. The SMILES string of the molecule is CC/C=C\CC(C)CC1C(=O)OC(=O)C1CC. The van der Waals surface area contributed by atoms with Crippen molar-refractivity contribution in [3.05, 3.63) is 12.2 Å². The molecule has 0 bridgehead atoms. The minimum absolute atomic E-state index is 0.222. The third-order valence-electron chi connectivity index (χ3n) is 3.33. The van der Waals surface area contributed by atoms with Crippen molar-refractivity contribution in [1.29, 1.82) is 0 Å². The van der Waals surface area contributed by atoms with Crippen LogP contribution < -0.4 is 0 Å². The second-order valence-corrected chi connectivity index (χ2v) is 4.82. The summed E-state index contributed by atoms with van der Waals surface area (Å²) < 4.78 is 4.71. The maximum atomic E-state index is 11.6. The number of ether oxygens (including phenoxy) is 1. The Bertz CT molecular complexity index is 307. The predicted octanol–water partition coefficient (Wildman–Crippen LogP) is 3.09. The number of allylic oxidation sites excluding steroid dienone is 2. The molecule has 3 atom stereocenters. The Hall–Kier alpha value is -1.12. The molecule has 0 radical (unpaired) electrons. The minimum Gasteiger partial charge on any atom is -0.393 e. The van der Waals surface area contributed by atoms with Crippen molar-refractivity contribution in [2.24, 2.45) is 17.8 Å². The summed E-state index contributed by atoms with van der Waals surface area (Å²) in [5, 5.41) is 0. The second kappa shape index (κ2) is 6.58. The molecule has 17 heavy (non-hydrogen) atoms. The number of carbonyl (C=O) groups is 2. The summed E-state index contributed by atoms with van der Waals surface area (Å²) in [5.41, 5.74) is 0. The van der Waals surface area contributed by atoms with E-state index in [1.165, 1.54) is 0 Å². The molecule has 1 heterocycles. The van der Waals surface area contributed by atoms with E-state index in [1.54, 1.807) is 0 Å². The highest BCUT2D eigenvalue weighted by Gasteiger charge is 2.43. The van der Waals surface area contributed by atoms with E-state index >= 15 is 0 Å². The van der Waals surface area contributed by atoms with Gasteiger partial charge in [0.15, 0.2) is 0 Å². The van der Waals surface area contributed by atoms with Gasteiger partial charge in [-0.15, -0.1) is 0 Å². The first-order chi connectivity index (χ1) is 8.10. The van der Waals surface area contributed by atoms with Crippen molar-refractivity contribution in [2.75, 3.05) is 0 Å². The summed E-state index contributed by atoms with van der Waals surface area (Å²) in [5.74, 6) is -0.695. The van der Waals surface area contributed by atoms with Gasteiger partial charge < -0.3 is 4.74 Å². The van der Waals surface area contributed by atoms with Gasteiger partial charge in [-0.2, -0.15) is 0 Å². The second-order valence-electron chi connectivity index (χ2n) is 4.82. The van der Waals surface area contributed by atoms with Gasteiger partial charge in [0.1, 0.15) is 0 Å². The molecule has 0 amide bonds. The monoisotopic (exact) mass is 238 g/mol. The molecule has 3 unspecified atom stereocenters. The smallest absolute Gasteiger partial charge is 0.317 e. The molecule has 0 aromatic carbocycles. The van der Waals surface area contributed by atoms with Gasteiger partial charge in [0.2, 0.25) is 0 Å². The highest BCUT2D eigenvalue weighted by molar-refractivity contribution is 5.96. The van der Waals surface area contributed by atoms with Crippen LogP contribution in [0.2, 0.25) is 0 Å². The molecule has 96 valence electrons. The normalized spacial score (nSPS) is 26.5. The van der Waals surface area contributed by atoms with Crippen molar-refractivity contribution < 1.29 is 14.3 Å². The molecule has 3 heteroatoms. The first kappa shape index (κ1) is 13.9. The molecule has 1 rings (SSSR count). The van der Waals surface area contributed by atoms with Crippen LogP contribution in [0.3, 0.4) is 0 Å². The molecule has 3 nitrogen and oxygen atoms in total. The van der Waals surface area contributed by atoms with Gasteiger partial charge in [-0.3, -0.25) is 9.59 Å². The van der Waals surface area contributed by atoms with Crippen LogP contribution in [0.25, 0.3) is 0 Å². The van der Waals surface area contributed by atoms with Gasteiger partial charge in [0, 0.05) is 0 Å². The predicted molar refractivity (Wildman–Crippen MR) is 66.2 cm³/mol. The highest BCUT2D eigenvalue weighted by atomic mass is 16.6. The van der Waals surface area contributed by atoms with Crippen LogP contribution in [0.1, 0.15) is 46.5 Å². The average Bonchev–Trinajstić information content (AvgIpc) is 2.54. The fraction of sp³-hybridized carbons (Fsp3) is 0.714. The van der Waals surface area contributed by atoms with E-state index in [1.807, 2.05) is 6.92 Å². The molecule has 1 saturated heterocycles. The highest BCUT2D eigenvalue weighted by Crippen LogP contribution is 2.32. The Kier molecular flexibility index (Phi) is 5.39. The van der Waals surface area contributed by atoms with Crippen molar-refractivity contribution in [2.45, 2.75) is 46.5 Å². The molecule has 0 saturated carbocycles. The summed E-state index contributed by atoms with van der Waals surface area (Å²) >= 11 is 0. The Balaban J connectivity index is 2.51. The number of hydrogen-bond acceptors (Lipinski definition) is 3. The van der Waals surface area contributed by atoms with Crippen molar-refractivity contribution in [3.8, 4) is 0 Å². The third-order valence-corrected chi connectivity index (χ3v) is 3.33. The first-order valence-electron chi connectivity index (χ1n) is 6.50. The lowest BCUT2D eigenvalue weighted by Crippen LogP contribution is -2.19. The summed E-state index contributed by atoms with van der Waals surface area (Å²) in [7, 11) is 0. The molecule has 1 fully saturated rings. The average molecular weight is 238 g/mol. The van der Waals surface area contributed by atoms with Crippen molar-refractivity contribution in [1.82, 2.24) is 0 Å². The Morgan fingerprint density at radius 2 is 1.82 bits per heavy atom. The zero-order valence-corrected chi connectivity index (χ0v) is 10.9. The number of hydrogen-bond donors (Lipinski definition) is 0. The number of carbonyl (C=O) groups excluding carboxylic acids is 2. The zero-order valence-electron chi connectivity index (χ0n) is 10.9. The van der Waals surface area contributed by atoms with Crippen LogP contribution in [-0.2, 0) is 14.3 Å². The van der Waals surface area contributed by atoms with Gasteiger partial charge in [-0.05, 0) is 31.6 Å². The van der Waals surface area contributed by atoms with Gasteiger partial charge >= 0.3 is 11.9 Å². The molecule has 0 spiro atoms. The van der Waals surface area contributed by atoms with E-state index in [0.717, 1.165) is 19.3 Å². The van der Waals surface area contributed by atoms with E-state index < -0.39 is 0 Å². The molecule has 0 N–H and O–H groups in total. The van der Waals surface area contributed by atoms with Gasteiger partial charge in [0.05, 0.1) is 11.8 Å². The summed E-state index contributed by atoms with van der Waals surface area (Å²) in [6, 6.07) is 0. The van der Waals surface area contributed by atoms with Crippen LogP contribution in [0.5, 0.6) is 0 Å². The number of rotatable bonds is 6. The summed E-state index contributed by atoms with van der Waals surface area (Å²) in [6.45, 7) is 6.14. The topological polar surface area (TPSA) is 43.4 Å². The maximum Gasteiger partial charge on any atom is 0.317 e. The van der Waals surface area contributed by atoms with E-state index in [2.05, 4.69) is 26.0 Å². The summed E-state index contributed by atoms with van der Waals surface area (Å²) in [4.78, 5) is 23.0. The fourth-order valence-corrected chi connectivity index (χ4v) is 2.32. The van der Waals surface area contributed by atoms with E-state index in [9.17, 15) is 9.59 Å². The zero-order chi connectivity index (χ0) is 12.8. The maximum absolute atomic E-state index is 11.6. The molecule has 1 aliphatic heterocycles. The largest absolute Gasteiger partial charge is 0.393 e. The molecule has 0 aliphatic carbocycles. The molecule has 0 aromatic heterocycles. The lowest BCUT2D eigenvalue weighted by Gasteiger charge is -2.15. The summed E-state index contributed by atoms with van der Waals surface area (Å²) in [6.07, 6.45) is 7.71. The third kappa shape index (κ3) is 3.69. The van der Waals surface area contributed by atoms with Crippen molar-refractivity contribution >= 4 is 11.9 Å². The van der Waals surface area contributed by atoms with Gasteiger partial charge in [-0.1, -0.05) is 32.9 Å². The lowest BCUT2D eigenvalue weighted by atomic mass is 9.84. The first-order valence-corrected chi connectivity index (χ1v) is 6.50. The van der Waals surface area contributed by atoms with Crippen molar-refractivity contribution in [3.63, 3.8) is 0 Å².